The van der Waals surface area contributed by atoms with Crippen LogP contribution in [0.3, 0.4) is 0 Å². The molecule has 0 atom stereocenters. The molecule has 8 aromatic rings. The Morgan fingerprint density at radius 1 is 0.480 bits per heavy atom. The number of aromatic nitrogens is 1. The average molecular weight is 647 g/mol. The van der Waals surface area contributed by atoms with Crippen LogP contribution in [0.5, 0.6) is 0 Å². The summed E-state index contributed by atoms with van der Waals surface area (Å²) >= 11 is 0. The van der Waals surface area contributed by atoms with Gasteiger partial charge in [-0.05, 0) is 112 Å². The van der Waals surface area contributed by atoms with Gasteiger partial charge in [0, 0.05) is 33.4 Å². The van der Waals surface area contributed by atoms with E-state index in [4.69, 9.17) is 0 Å². The Kier molecular flexibility index (Phi) is 7.00. The van der Waals surface area contributed by atoms with Gasteiger partial charge >= 0.3 is 0 Å². The lowest BCUT2D eigenvalue weighted by Crippen LogP contribution is -2.33. The molecule has 0 spiro atoms. The number of nitrogens with zero attached hydrogens (tertiary/aromatic N) is 2. The number of para-hydroxylation sites is 4. The molecule has 0 bridgehead atoms. The zero-order chi connectivity index (χ0) is 34.0. The fraction of sp³-hybridized carbons (Fsp3) is 0.167. The van der Waals surface area contributed by atoms with Crippen LogP contribution in [0, 0.1) is 0 Å². The molecule has 1 aliphatic carbocycles. The van der Waals surface area contributed by atoms with E-state index in [0.717, 1.165) is 17.1 Å². The van der Waals surface area contributed by atoms with Gasteiger partial charge in [-0.1, -0.05) is 125 Å². The normalized spacial score (nSPS) is 15.0. The molecule has 1 heterocycles. The lowest BCUT2D eigenvalue weighted by molar-refractivity contribution is 0.332. The number of hydrogen-bond donors (Lipinski definition) is 0. The van der Waals surface area contributed by atoms with Gasteiger partial charge in [0.2, 0.25) is 0 Å². The van der Waals surface area contributed by atoms with E-state index in [2.05, 4.69) is 195 Å². The maximum Gasteiger partial charge on any atom is 0.0542 e. The summed E-state index contributed by atoms with van der Waals surface area (Å²) in [4.78, 5) is 2.42. The smallest absolute Gasteiger partial charge is 0.0542 e. The minimum Gasteiger partial charge on any atom is -0.310 e. The van der Waals surface area contributed by atoms with E-state index in [1.54, 1.807) is 0 Å². The van der Waals surface area contributed by atoms with Crippen molar-refractivity contribution in [2.24, 2.45) is 0 Å². The van der Waals surface area contributed by atoms with Crippen LogP contribution in [0.25, 0.3) is 49.4 Å². The fourth-order valence-electron chi connectivity index (χ4n) is 8.35. The third-order valence-corrected chi connectivity index (χ3v) is 11.2. The zero-order valence-corrected chi connectivity index (χ0v) is 29.3. The fourth-order valence-corrected chi connectivity index (χ4v) is 8.35. The second-order valence-corrected chi connectivity index (χ2v) is 15.3. The summed E-state index contributed by atoms with van der Waals surface area (Å²) in [5.74, 6) is 0. The predicted octanol–water partition coefficient (Wildman–Crippen LogP) is 13.4. The van der Waals surface area contributed by atoms with Crippen LogP contribution in [-0.4, -0.2) is 4.57 Å². The van der Waals surface area contributed by atoms with Gasteiger partial charge in [0.05, 0.1) is 16.7 Å². The second-order valence-electron chi connectivity index (χ2n) is 15.3. The van der Waals surface area contributed by atoms with Gasteiger partial charge in [0.25, 0.3) is 0 Å². The number of hydrogen-bond acceptors (Lipinski definition) is 1. The first-order valence-electron chi connectivity index (χ1n) is 17.9. The van der Waals surface area contributed by atoms with Crippen molar-refractivity contribution in [1.82, 2.24) is 4.57 Å². The number of fused-ring (bicyclic) bond motifs is 5. The van der Waals surface area contributed by atoms with Crippen LogP contribution >= 0.6 is 0 Å². The Bertz CT molecular complexity index is 2540. The molecule has 9 rings (SSSR count). The van der Waals surface area contributed by atoms with E-state index in [1.165, 1.54) is 73.4 Å². The molecule has 2 heteroatoms. The number of rotatable bonds is 5. The Labute approximate surface area is 295 Å². The molecule has 0 amide bonds. The van der Waals surface area contributed by atoms with E-state index in [0.29, 0.717) is 0 Å². The van der Waals surface area contributed by atoms with Crippen LogP contribution < -0.4 is 4.90 Å². The van der Waals surface area contributed by atoms with Crippen molar-refractivity contribution in [3.05, 3.63) is 169 Å². The molecular formula is C48H42N2. The molecule has 1 aliphatic rings. The monoisotopic (exact) mass is 646 g/mol. The van der Waals surface area contributed by atoms with E-state index in [9.17, 15) is 0 Å². The van der Waals surface area contributed by atoms with E-state index in [1.807, 2.05) is 0 Å². The SMILES string of the molecule is CC1(C)CCC(C)(C)c2cc3cc(-c4ccccc4N(c4ccccc4)c4ccc5c(c4)c4ccccc4n5-c4ccccc4)ccc3cc21. The quantitative estimate of drug-likeness (QED) is 0.181. The summed E-state index contributed by atoms with van der Waals surface area (Å²) in [7, 11) is 0. The Balaban J connectivity index is 1.23. The highest BCUT2D eigenvalue weighted by Gasteiger charge is 2.37. The molecule has 0 radical (unpaired) electrons. The highest BCUT2D eigenvalue weighted by molar-refractivity contribution is 6.11. The predicted molar refractivity (Wildman–Crippen MR) is 214 cm³/mol. The molecule has 0 aliphatic heterocycles. The minimum absolute atomic E-state index is 0.166. The van der Waals surface area contributed by atoms with E-state index >= 15 is 0 Å². The third kappa shape index (κ3) is 4.93. The number of benzene rings is 7. The molecule has 0 saturated heterocycles. The van der Waals surface area contributed by atoms with Crippen LogP contribution in [0.2, 0.25) is 0 Å². The van der Waals surface area contributed by atoms with Crippen molar-refractivity contribution >= 4 is 49.6 Å². The lowest BCUT2D eigenvalue weighted by atomic mass is 9.63. The molecule has 2 nitrogen and oxygen atoms in total. The minimum atomic E-state index is 0.166. The Hall–Kier alpha value is -5.60. The van der Waals surface area contributed by atoms with Crippen molar-refractivity contribution in [3.8, 4) is 16.8 Å². The first-order valence-corrected chi connectivity index (χ1v) is 17.9. The molecule has 1 aromatic heterocycles. The molecule has 50 heavy (non-hydrogen) atoms. The van der Waals surface area contributed by atoms with Crippen LogP contribution in [0.1, 0.15) is 51.7 Å². The summed E-state index contributed by atoms with van der Waals surface area (Å²) in [6.07, 6.45) is 2.43. The standard InChI is InChI=1S/C48H42N2/c1-47(2)27-28-48(3,4)43-31-35-29-34(24-23-33(35)30-42(43)47)39-19-11-13-21-44(39)49(36-15-7-5-8-16-36)38-25-26-46-41(32-38)40-20-12-14-22-45(40)50(46)37-17-9-6-10-18-37/h5-26,29-32H,27-28H2,1-4H3. The maximum absolute atomic E-state index is 2.49. The first-order chi connectivity index (χ1) is 24.3. The third-order valence-electron chi connectivity index (χ3n) is 11.2. The van der Waals surface area contributed by atoms with Crippen LogP contribution in [0.4, 0.5) is 17.1 Å². The summed E-state index contributed by atoms with van der Waals surface area (Å²) < 4.78 is 2.38. The molecule has 7 aromatic carbocycles. The summed E-state index contributed by atoms with van der Waals surface area (Å²) in [6.45, 7) is 9.65. The second kappa shape index (κ2) is 11.5. The van der Waals surface area contributed by atoms with Gasteiger partial charge in [0.15, 0.2) is 0 Å². The van der Waals surface area contributed by atoms with Gasteiger partial charge in [-0.25, -0.2) is 0 Å². The zero-order valence-electron chi connectivity index (χ0n) is 29.3. The van der Waals surface area contributed by atoms with Crippen molar-refractivity contribution in [3.63, 3.8) is 0 Å². The van der Waals surface area contributed by atoms with Crippen molar-refractivity contribution in [2.45, 2.75) is 51.4 Å². The van der Waals surface area contributed by atoms with Gasteiger partial charge < -0.3 is 9.47 Å². The van der Waals surface area contributed by atoms with Gasteiger partial charge in [-0.2, -0.15) is 0 Å². The maximum atomic E-state index is 2.49. The first kappa shape index (κ1) is 30.5. The summed E-state index contributed by atoms with van der Waals surface area (Å²) in [6, 6.07) is 58.0. The van der Waals surface area contributed by atoms with Crippen molar-refractivity contribution < 1.29 is 0 Å². The molecular weight excluding hydrogens is 605 g/mol. The topological polar surface area (TPSA) is 8.17 Å². The highest BCUT2D eigenvalue weighted by atomic mass is 15.1. The van der Waals surface area contributed by atoms with E-state index in [-0.39, 0.29) is 10.8 Å². The molecule has 0 N–H and O–H groups in total. The lowest BCUT2D eigenvalue weighted by Gasteiger charge is -2.42. The van der Waals surface area contributed by atoms with Crippen molar-refractivity contribution in [1.29, 1.82) is 0 Å². The molecule has 0 unspecified atom stereocenters. The van der Waals surface area contributed by atoms with Gasteiger partial charge in [0.1, 0.15) is 0 Å². The molecule has 244 valence electrons. The molecule has 0 fully saturated rings. The van der Waals surface area contributed by atoms with Crippen LogP contribution in [0.15, 0.2) is 158 Å². The highest BCUT2D eigenvalue weighted by Crippen LogP contribution is 2.48. The summed E-state index contributed by atoms with van der Waals surface area (Å²) in [5, 5.41) is 5.11. The summed E-state index contributed by atoms with van der Waals surface area (Å²) in [5.41, 5.74) is 12.8. The van der Waals surface area contributed by atoms with Gasteiger partial charge in [-0.15, -0.1) is 0 Å². The van der Waals surface area contributed by atoms with E-state index < -0.39 is 0 Å². The largest absolute Gasteiger partial charge is 0.310 e. The van der Waals surface area contributed by atoms with Crippen LogP contribution in [-0.2, 0) is 10.8 Å². The van der Waals surface area contributed by atoms with Gasteiger partial charge in [-0.3, -0.25) is 0 Å². The molecule has 0 saturated carbocycles. The van der Waals surface area contributed by atoms with Crippen molar-refractivity contribution in [2.75, 3.05) is 4.90 Å². The average Bonchev–Trinajstić information content (AvgIpc) is 3.48. The number of anilines is 3. The Morgan fingerprint density at radius 3 is 1.86 bits per heavy atom. The Morgan fingerprint density at radius 2 is 1.10 bits per heavy atom.